The molecule has 0 aromatic heterocycles. The van der Waals surface area contributed by atoms with Crippen molar-refractivity contribution < 1.29 is 9.53 Å². The molecular formula is C20H29N3O2. The Kier molecular flexibility index (Phi) is 5.34. The molecule has 5 rings (SSSR count). The molecule has 5 nitrogen and oxygen atoms in total. The Morgan fingerprint density at radius 1 is 1.04 bits per heavy atom. The van der Waals surface area contributed by atoms with Crippen molar-refractivity contribution in [2.75, 3.05) is 52.5 Å². The average Bonchev–Trinajstić information content (AvgIpc) is 2.95. The van der Waals surface area contributed by atoms with Gasteiger partial charge in [0.05, 0.1) is 19.8 Å². The zero-order valence-corrected chi connectivity index (χ0v) is 15.0. The van der Waals surface area contributed by atoms with Crippen molar-refractivity contribution in [2.24, 2.45) is 5.92 Å². The summed E-state index contributed by atoms with van der Waals surface area (Å²) in [7, 11) is 0. The molecule has 0 unspecified atom stereocenters. The first-order valence-corrected chi connectivity index (χ1v) is 9.64. The maximum atomic E-state index is 12.8. The lowest BCUT2D eigenvalue weighted by Crippen LogP contribution is -2.47. The second-order valence-corrected chi connectivity index (χ2v) is 7.70. The Hall–Kier alpha value is -1.43. The molecule has 0 N–H and O–H groups in total. The van der Waals surface area contributed by atoms with Crippen molar-refractivity contribution in [1.82, 2.24) is 14.7 Å². The predicted molar refractivity (Wildman–Crippen MR) is 97.2 cm³/mol. The molecule has 25 heavy (non-hydrogen) atoms. The quantitative estimate of drug-likeness (QED) is 0.829. The fourth-order valence-corrected chi connectivity index (χ4v) is 4.44. The van der Waals surface area contributed by atoms with E-state index in [-0.39, 0.29) is 0 Å². The van der Waals surface area contributed by atoms with Gasteiger partial charge in [-0.2, -0.15) is 0 Å². The highest BCUT2D eigenvalue weighted by Crippen LogP contribution is 2.29. The number of amides is 1. The normalized spacial score (nSPS) is 28.1. The Labute approximate surface area is 150 Å². The smallest absolute Gasteiger partial charge is 0.236 e. The van der Waals surface area contributed by atoms with Crippen molar-refractivity contribution in [3.05, 3.63) is 35.9 Å². The number of ether oxygens (including phenoxy) is 1. The van der Waals surface area contributed by atoms with Gasteiger partial charge in [0.25, 0.3) is 0 Å². The number of hydrogen-bond donors (Lipinski definition) is 0. The molecule has 4 saturated heterocycles. The minimum absolute atomic E-state index is 0.306. The number of fused-ring (bicyclic) bond motifs is 4. The van der Waals surface area contributed by atoms with Gasteiger partial charge in [0.2, 0.25) is 5.91 Å². The molecule has 1 aromatic rings. The van der Waals surface area contributed by atoms with Crippen LogP contribution in [0.3, 0.4) is 0 Å². The fourth-order valence-electron chi connectivity index (χ4n) is 4.44. The standard InChI is InChI=1S/C20H29N3O2/c24-20(16-21-8-10-25-11-9-21)23-14-18-6-7-19(15-23)22(13-18)12-17-4-2-1-3-5-17/h1-5,18-19H,6-16H2/t18-,19-/m1/s1. The van der Waals surface area contributed by atoms with Gasteiger partial charge in [0.15, 0.2) is 0 Å². The van der Waals surface area contributed by atoms with Crippen LogP contribution in [0.2, 0.25) is 0 Å². The van der Waals surface area contributed by atoms with E-state index in [4.69, 9.17) is 4.74 Å². The lowest BCUT2D eigenvalue weighted by Gasteiger charge is -2.36. The fraction of sp³-hybridized carbons (Fsp3) is 0.650. The molecular weight excluding hydrogens is 314 g/mol. The van der Waals surface area contributed by atoms with Crippen LogP contribution in [-0.2, 0) is 16.1 Å². The van der Waals surface area contributed by atoms with Gasteiger partial charge in [-0.3, -0.25) is 14.6 Å². The summed E-state index contributed by atoms with van der Waals surface area (Å²) in [6.45, 7) is 7.79. The highest BCUT2D eigenvalue weighted by molar-refractivity contribution is 5.78. The van der Waals surface area contributed by atoms with E-state index in [2.05, 4.69) is 45.0 Å². The number of piperidine rings is 1. The first-order valence-electron chi connectivity index (χ1n) is 9.64. The second kappa shape index (κ2) is 7.85. The van der Waals surface area contributed by atoms with Crippen LogP contribution in [0.15, 0.2) is 30.3 Å². The summed E-state index contributed by atoms with van der Waals surface area (Å²) in [4.78, 5) is 19.8. The number of morpholine rings is 1. The molecule has 0 aliphatic carbocycles. The largest absolute Gasteiger partial charge is 0.379 e. The third-order valence-electron chi connectivity index (χ3n) is 5.87. The molecule has 2 atom stereocenters. The summed E-state index contributed by atoms with van der Waals surface area (Å²) in [6, 6.07) is 11.2. The zero-order chi connectivity index (χ0) is 17.1. The lowest BCUT2D eigenvalue weighted by molar-refractivity contribution is -0.133. The molecule has 4 fully saturated rings. The molecule has 2 bridgehead atoms. The van der Waals surface area contributed by atoms with Gasteiger partial charge in [-0.25, -0.2) is 0 Å². The summed E-state index contributed by atoms with van der Waals surface area (Å²) in [6.07, 6.45) is 2.48. The highest BCUT2D eigenvalue weighted by atomic mass is 16.5. The summed E-state index contributed by atoms with van der Waals surface area (Å²) in [5.41, 5.74) is 1.38. The molecule has 1 aromatic carbocycles. The van der Waals surface area contributed by atoms with E-state index in [1.165, 1.54) is 18.4 Å². The maximum absolute atomic E-state index is 12.8. The van der Waals surface area contributed by atoms with Crippen LogP contribution < -0.4 is 0 Å². The second-order valence-electron chi connectivity index (χ2n) is 7.70. The lowest BCUT2D eigenvalue weighted by atomic mass is 9.94. The van der Waals surface area contributed by atoms with E-state index in [0.717, 1.165) is 52.5 Å². The van der Waals surface area contributed by atoms with Gasteiger partial charge in [0, 0.05) is 45.3 Å². The number of hydrogen-bond acceptors (Lipinski definition) is 4. The van der Waals surface area contributed by atoms with Crippen LogP contribution in [0.4, 0.5) is 0 Å². The third-order valence-corrected chi connectivity index (χ3v) is 5.87. The van der Waals surface area contributed by atoms with Crippen molar-refractivity contribution in [3.63, 3.8) is 0 Å². The molecule has 136 valence electrons. The predicted octanol–water partition coefficient (Wildman–Crippen LogP) is 1.44. The van der Waals surface area contributed by atoms with E-state index in [1.54, 1.807) is 0 Å². The average molecular weight is 343 g/mol. The van der Waals surface area contributed by atoms with Gasteiger partial charge in [-0.05, 0) is 24.3 Å². The Morgan fingerprint density at radius 2 is 1.84 bits per heavy atom. The monoisotopic (exact) mass is 343 g/mol. The van der Waals surface area contributed by atoms with Crippen molar-refractivity contribution >= 4 is 5.91 Å². The van der Waals surface area contributed by atoms with E-state index in [1.807, 2.05) is 0 Å². The summed E-state index contributed by atoms with van der Waals surface area (Å²) >= 11 is 0. The van der Waals surface area contributed by atoms with E-state index >= 15 is 0 Å². The van der Waals surface area contributed by atoms with Crippen LogP contribution in [0.5, 0.6) is 0 Å². The minimum atomic E-state index is 0.306. The number of carbonyl (C=O) groups is 1. The SMILES string of the molecule is O=C(CN1CCOCC1)N1C[C@@H]2CC[C@H](C1)N(Cc1ccccc1)C2. The molecule has 4 aliphatic rings. The molecule has 0 spiro atoms. The molecule has 0 radical (unpaired) electrons. The summed E-state index contributed by atoms with van der Waals surface area (Å²) < 4.78 is 5.39. The van der Waals surface area contributed by atoms with Crippen molar-refractivity contribution in [1.29, 1.82) is 0 Å². The number of nitrogens with zero attached hydrogens (tertiary/aromatic N) is 3. The summed E-state index contributed by atoms with van der Waals surface area (Å²) in [5, 5.41) is 0. The van der Waals surface area contributed by atoms with Crippen LogP contribution in [0.25, 0.3) is 0 Å². The van der Waals surface area contributed by atoms with Gasteiger partial charge >= 0.3 is 0 Å². The molecule has 4 heterocycles. The van der Waals surface area contributed by atoms with Gasteiger partial charge in [-0.1, -0.05) is 30.3 Å². The van der Waals surface area contributed by atoms with E-state index < -0.39 is 0 Å². The minimum Gasteiger partial charge on any atom is -0.379 e. The van der Waals surface area contributed by atoms with Gasteiger partial charge < -0.3 is 9.64 Å². The first-order chi connectivity index (χ1) is 12.3. The molecule has 5 heteroatoms. The Bertz CT molecular complexity index is 574. The maximum Gasteiger partial charge on any atom is 0.236 e. The van der Waals surface area contributed by atoms with Crippen LogP contribution >= 0.6 is 0 Å². The van der Waals surface area contributed by atoms with Gasteiger partial charge in [-0.15, -0.1) is 0 Å². The molecule has 4 aliphatic heterocycles. The van der Waals surface area contributed by atoms with Crippen LogP contribution in [-0.4, -0.2) is 79.1 Å². The molecule has 1 amide bonds. The van der Waals surface area contributed by atoms with Crippen molar-refractivity contribution in [2.45, 2.75) is 25.4 Å². The Balaban J connectivity index is 1.37. The van der Waals surface area contributed by atoms with Crippen molar-refractivity contribution in [3.8, 4) is 0 Å². The van der Waals surface area contributed by atoms with E-state index in [0.29, 0.717) is 24.4 Å². The number of carbonyl (C=O) groups excluding carboxylic acids is 1. The third kappa shape index (κ3) is 4.22. The molecule has 0 saturated carbocycles. The topological polar surface area (TPSA) is 36.0 Å². The van der Waals surface area contributed by atoms with Crippen LogP contribution in [0.1, 0.15) is 18.4 Å². The Morgan fingerprint density at radius 3 is 2.64 bits per heavy atom. The zero-order valence-electron chi connectivity index (χ0n) is 15.0. The number of rotatable bonds is 4. The van der Waals surface area contributed by atoms with Crippen LogP contribution in [0, 0.1) is 5.92 Å². The highest BCUT2D eigenvalue weighted by Gasteiger charge is 2.36. The number of benzene rings is 1. The van der Waals surface area contributed by atoms with E-state index in [9.17, 15) is 4.79 Å². The summed E-state index contributed by atoms with van der Waals surface area (Å²) in [5.74, 6) is 0.927. The first kappa shape index (κ1) is 17.0. The van der Waals surface area contributed by atoms with Gasteiger partial charge in [0.1, 0.15) is 0 Å².